The molecule has 19 heavy (non-hydrogen) atoms. The molecule has 1 rings (SSSR count). The maximum Gasteiger partial charge on any atom is 0.419 e. The summed E-state index contributed by atoms with van der Waals surface area (Å²) in [6.45, 7) is 1.77. The molecular weight excluding hydrogens is 264 g/mol. The molecule has 6 heteroatoms. The molecule has 1 atom stereocenters. The van der Waals surface area contributed by atoms with Gasteiger partial charge in [-0.3, -0.25) is 4.79 Å². The van der Waals surface area contributed by atoms with Crippen LogP contribution < -0.4 is 0 Å². The van der Waals surface area contributed by atoms with Gasteiger partial charge in [0.05, 0.1) is 5.56 Å². The van der Waals surface area contributed by atoms with Crippen molar-refractivity contribution in [3.8, 4) is 0 Å². The monoisotopic (exact) mass is 278 g/mol. The number of carbonyl (C=O) groups excluding carboxylic acids is 1. The fourth-order valence-corrected chi connectivity index (χ4v) is 1.75. The number of methoxy groups -OCH3 is 1. The van der Waals surface area contributed by atoms with E-state index in [0.29, 0.717) is 18.6 Å². The number of ether oxygens (including phenoxy) is 1. The summed E-state index contributed by atoms with van der Waals surface area (Å²) in [4.78, 5) is 11.7. The fraction of sp³-hybridized carbons (Fsp3) is 0.462. The highest BCUT2D eigenvalue weighted by atomic mass is 19.4. The number of carbonyl (C=O) groups is 1. The molecule has 0 bridgehead atoms. The lowest BCUT2D eigenvalue weighted by atomic mass is 10.00. The van der Waals surface area contributed by atoms with E-state index < -0.39 is 23.7 Å². The third-order valence-electron chi connectivity index (χ3n) is 2.62. The Morgan fingerprint density at radius 2 is 2.00 bits per heavy atom. The smallest absolute Gasteiger partial charge is 0.369 e. The first-order valence-corrected chi connectivity index (χ1v) is 5.73. The van der Waals surface area contributed by atoms with Gasteiger partial charge in [0.15, 0.2) is 5.78 Å². The highest BCUT2D eigenvalue weighted by molar-refractivity contribution is 5.84. The number of ketones is 1. The van der Waals surface area contributed by atoms with Crippen LogP contribution in [0.3, 0.4) is 0 Å². The molecule has 0 heterocycles. The van der Waals surface area contributed by atoms with Gasteiger partial charge in [0, 0.05) is 13.5 Å². The van der Waals surface area contributed by atoms with Gasteiger partial charge in [-0.25, -0.2) is 4.39 Å². The predicted octanol–water partition coefficient (Wildman–Crippen LogP) is 3.90. The van der Waals surface area contributed by atoms with Gasteiger partial charge in [0.1, 0.15) is 11.9 Å². The second kappa shape index (κ2) is 6.14. The molecule has 0 amide bonds. The van der Waals surface area contributed by atoms with Crippen LogP contribution in [0.25, 0.3) is 0 Å². The zero-order valence-corrected chi connectivity index (χ0v) is 10.6. The van der Waals surface area contributed by atoms with Crippen LogP contribution in [-0.2, 0) is 15.7 Å². The van der Waals surface area contributed by atoms with Crippen LogP contribution in [0.2, 0.25) is 0 Å². The highest BCUT2D eigenvalue weighted by Gasteiger charge is 2.35. The van der Waals surface area contributed by atoms with Crippen molar-refractivity contribution in [1.29, 1.82) is 0 Å². The van der Waals surface area contributed by atoms with Gasteiger partial charge >= 0.3 is 6.18 Å². The van der Waals surface area contributed by atoms with Crippen molar-refractivity contribution in [3.05, 3.63) is 35.1 Å². The maximum absolute atomic E-state index is 13.1. The molecule has 1 aromatic carbocycles. The fourth-order valence-electron chi connectivity index (χ4n) is 1.75. The van der Waals surface area contributed by atoms with Crippen LogP contribution in [0.4, 0.5) is 17.6 Å². The first kappa shape index (κ1) is 15.6. The summed E-state index contributed by atoms with van der Waals surface area (Å²) in [6, 6.07) is 2.45. The number of rotatable bonds is 5. The van der Waals surface area contributed by atoms with Gasteiger partial charge in [-0.2, -0.15) is 13.2 Å². The molecule has 0 aliphatic rings. The molecule has 1 aromatic rings. The summed E-state index contributed by atoms with van der Waals surface area (Å²) in [5.74, 6) is -1.70. The third kappa shape index (κ3) is 3.76. The SMILES string of the molecule is CCCC(=O)C(OC)c1ccc(F)c(C(F)(F)F)c1. The van der Waals surface area contributed by atoms with E-state index in [0.717, 1.165) is 6.07 Å². The number of hydrogen-bond donors (Lipinski definition) is 0. The van der Waals surface area contributed by atoms with Crippen molar-refractivity contribution in [1.82, 2.24) is 0 Å². The zero-order valence-electron chi connectivity index (χ0n) is 10.6. The number of hydrogen-bond acceptors (Lipinski definition) is 2. The van der Waals surface area contributed by atoms with Gasteiger partial charge in [-0.15, -0.1) is 0 Å². The van der Waals surface area contributed by atoms with E-state index in [1.807, 2.05) is 0 Å². The lowest BCUT2D eigenvalue weighted by molar-refractivity contribution is -0.140. The second-order valence-electron chi connectivity index (χ2n) is 4.07. The van der Waals surface area contributed by atoms with E-state index in [2.05, 4.69) is 0 Å². The lowest BCUT2D eigenvalue weighted by Gasteiger charge is -2.16. The van der Waals surface area contributed by atoms with Crippen molar-refractivity contribution in [2.24, 2.45) is 0 Å². The number of halogens is 4. The minimum Gasteiger partial charge on any atom is -0.369 e. The summed E-state index contributed by atoms with van der Waals surface area (Å²) in [6.07, 6.45) is -5.14. The normalized spacial score (nSPS) is 13.4. The standard InChI is InChI=1S/C13H14F4O2/c1-3-4-11(18)12(19-2)8-5-6-10(14)9(7-8)13(15,16)17/h5-7,12H,3-4H2,1-2H3. The average molecular weight is 278 g/mol. The molecule has 0 N–H and O–H groups in total. The molecule has 0 saturated carbocycles. The third-order valence-corrected chi connectivity index (χ3v) is 2.62. The van der Waals surface area contributed by atoms with Crippen LogP contribution in [0.5, 0.6) is 0 Å². The van der Waals surface area contributed by atoms with E-state index in [4.69, 9.17) is 4.74 Å². The maximum atomic E-state index is 13.1. The van der Waals surface area contributed by atoms with Crippen molar-refractivity contribution in [2.45, 2.75) is 32.0 Å². The summed E-state index contributed by atoms with van der Waals surface area (Å²) in [5, 5.41) is 0. The van der Waals surface area contributed by atoms with E-state index >= 15 is 0 Å². The molecule has 0 fully saturated rings. The van der Waals surface area contributed by atoms with Gasteiger partial charge in [-0.1, -0.05) is 13.0 Å². The lowest BCUT2D eigenvalue weighted by Crippen LogP contribution is -2.16. The number of alkyl halides is 3. The Bertz CT molecular complexity index is 454. The van der Waals surface area contributed by atoms with E-state index in [1.165, 1.54) is 7.11 Å². The van der Waals surface area contributed by atoms with E-state index in [-0.39, 0.29) is 17.8 Å². The summed E-state index contributed by atoms with van der Waals surface area (Å²) >= 11 is 0. The Morgan fingerprint density at radius 1 is 1.37 bits per heavy atom. The van der Waals surface area contributed by atoms with Crippen LogP contribution >= 0.6 is 0 Å². The van der Waals surface area contributed by atoms with Crippen molar-refractivity contribution < 1.29 is 27.1 Å². The predicted molar refractivity (Wildman–Crippen MR) is 61.1 cm³/mol. The topological polar surface area (TPSA) is 26.3 Å². The van der Waals surface area contributed by atoms with Crippen molar-refractivity contribution >= 4 is 5.78 Å². The molecule has 2 nitrogen and oxygen atoms in total. The Kier molecular flexibility index (Phi) is 5.05. The first-order chi connectivity index (χ1) is 8.81. The number of benzene rings is 1. The Labute approximate surface area is 108 Å². The van der Waals surface area contributed by atoms with Gasteiger partial charge in [-0.05, 0) is 24.1 Å². The molecule has 0 saturated heterocycles. The summed E-state index contributed by atoms with van der Waals surface area (Å²) in [7, 11) is 1.23. The van der Waals surface area contributed by atoms with Crippen molar-refractivity contribution in [2.75, 3.05) is 7.11 Å². The zero-order chi connectivity index (χ0) is 14.6. The quantitative estimate of drug-likeness (QED) is 0.763. The summed E-state index contributed by atoms with van der Waals surface area (Å²) in [5.41, 5.74) is -1.38. The van der Waals surface area contributed by atoms with Gasteiger partial charge in [0.25, 0.3) is 0 Å². The molecule has 0 aliphatic heterocycles. The van der Waals surface area contributed by atoms with Gasteiger partial charge < -0.3 is 4.74 Å². The van der Waals surface area contributed by atoms with E-state index in [9.17, 15) is 22.4 Å². The minimum atomic E-state index is -4.80. The van der Waals surface area contributed by atoms with Crippen LogP contribution in [-0.4, -0.2) is 12.9 Å². The largest absolute Gasteiger partial charge is 0.419 e. The molecule has 1 unspecified atom stereocenters. The van der Waals surface area contributed by atoms with E-state index in [1.54, 1.807) is 6.92 Å². The molecule has 0 aromatic heterocycles. The minimum absolute atomic E-state index is 0.00896. The van der Waals surface area contributed by atoms with Crippen LogP contribution in [0.1, 0.15) is 37.0 Å². The average Bonchev–Trinajstić information content (AvgIpc) is 2.31. The molecule has 0 radical (unpaired) electrons. The Hall–Kier alpha value is -1.43. The Morgan fingerprint density at radius 3 is 2.47 bits per heavy atom. The molecule has 0 spiro atoms. The molecule has 0 aliphatic carbocycles. The summed E-state index contributed by atoms with van der Waals surface area (Å²) < 4.78 is 55.8. The van der Waals surface area contributed by atoms with Crippen molar-refractivity contribution in [3.63, 3.8) is 0 Å². The number of Topliss-reactive ketones (excluding diaryl/α,β-unsaturated/α-hetero) is 1. The van der Waals surface area contributed by atoms with Crippen LogP contribution in [0, 0.1) is 5.82 Å². The molecular formula is C13H14F4O2. The first-order valence-electron chi connectivity index (χ1n) is 5.73. The Balaban J connectivity index is 3.16. The molecule has 106 valence electrons. The van der Waals surface area contributed by atoms with Crippen LogP contribution in [0.15, 0.2) is 18.2 Å². The second-order valence-corrected chi connectivity index (χ2v) is 4.07. The van der Waals surface area contributed by atoms with Gasteiger partial charge in [0.2, 0.25) is 0 Å². The highest BCUT2D eigenvalue weighted by Crippen LogP contribution is 2.33.